The van der Waals surface area contributed by atoms with Crippen molar-refractivity contribution in [2.24, 2.45) is 0 Å². The third kappa shape index (κ3) is 4.69. The van der Waals surface area contributed by atoms with Crippen molar-refractivity contribution < 1.29 is 9.84 Å². The molecule has 0 aromatic carbocycles. The first-order chi connectivity index (χ1) is 9.58. The molecule has 4 nitrogen and oxygen atoms in total. The molecule has 20 heavy (non-hydrogen) atoms. The maximum absolute atomic E-state index is 10.4. The van der Waals surface area contributed by atoms with Gasteiger partial charge >= 0.3 is 0 Å². The fourth-order valence-corrected chi connectivity index (χ4v) is 3.87. The van der Waals surface area contributed by atoms with Crippen LogP contribution in [0.3, 0.4) is 0 Å². The van der Waals surface area contributed by atoms with Crippen molar-refractivity contribution >= 4 is 0 Å². The highest BCUT2D eigenvalue weighted by atomic mass is 16.5. The number of hydrogen-bond acceptors (Lipinski definition) is 4. The summed E-state index contributed by atoms with van der Waals surface area (Å²) in [6.45, 7) is 11.0. The molecule has 2 aliphatic rings. The van der Waals surface area contributed by atoms with E-state index >= 15 is 0 Å². The molecule has 1 aliphatic carbocycles. The van der Waals surface area contributed by atoms with Crippen molar-refractivity contribution in [1.29, 1.82) is 0 Å². The van der Waals surface area contributed by atoms with Gasteiger partial charge in [0.15, 0.2) is 0 Å². The lowest BCUT2D eigenvalue weighted by Crippen LogP contribution is -2.50. The van der Waals surface area contributed by atoms with Gasteiger partial charge in [0.25, 0.3) is 0 Å². The van der Waals surface area contributed by atoms with E-state index in [2.05, 4.69) is 30.6 Å². The minimum absolute atomic E-state index is 0.243. The largest absolute Gasteiger partial charge is 0.390 e. The second-order valence-electron chi connectivity index (χ2n) is 6.66. The monoisotopic (exact) mass is 284 g/mol. The lowest BCUT2D eigenvalue weighted by atomic mass is 10.1. The Morgan fingerprint density at radius 1 is 1.20 bits per heavy atom. The SMILES string of the molecule is CCN(CC(O)CN1CC(C)OC(C)C1)C1CCCC1. The number of aliphatic hydroxyl groups is 1. The molecular formula is C16H32N2O2. The van der Waals surface area contributed by atoms with Crippen LogP contribution in [0.4, 0.5) is 0 Å². The molecule has 1 aliphatic heterocycles. The Labute approximate surface area is 124 Å². The molecule has 0 amide bonds. The Morgan fingerprint density at radius 2 is 1.80 bits per heavy atom. The van der Waals surface area contributed by atoms with Crippen LogP contribution >= 0.6 is 0 Å². The minimum atomic E-state index is -0.243. The van der Waals surface area contributed by atoms with E-state index in [1.165, 1.54) is 25.7 Å². The van der Waals surface area contributed by atoms with Crippen molar-refractivity contribution in [3.63, 3.8) is 0 Å². The number of likely N-dealkylation sites (N-methyl/N-ethyl adjacent to an activating group) is 1. The van der Waals surface area contributed by atoms with Gasteiger partial charge in [-0.05, 0) is 33.2 Å². The first kappa shape index (κ1) is 16.2. The van der Waals surface area contributed by atoms with Crippen molar-refractivity contribution in [2.45, 2.75) is 70.8 Å². The molecule has 0 aromatic rings. The maximum Gasteiger partial charge on any atom is 0.0793 e. The summed E-state index contributed by atoms with van der Waals surface area (Å²) in [4.78, 5) is 4.83. The Hall–Kier alpha value is -0.160. The highest BCUT2D eigenvalue weighted by Crippen LogP contribution is 2.23. The Balaban J connectivity index is 1.77. The Bertz CT molecular complexity index is 272. The molecule has 1 saturated heterocycles. The molecule has 1 saturated carbocycles. The fourth-order valence-electron chi connectivity index (χ4n) is 3.87. The molecule has 0 bridgehead atoms. The van der Waals surface area contributed by atoms with E-state index in [0.717, 1.165) is 32.7 Å². The van der Waals surface area contributed by atoms with Crippen LogP contribution in [-0.4, -0.2) is 72.0 Å². The van der Waals surface area contributed by atoms with Gasteiger partial charge in [-0.15, -0.1) is 0 Å². The van der Waals surface area contributed by atoms with Gasteiger partial charge in [0, 0.05) is 32.2 Å². The third-order valence-corrected chi connectivity index (χ3v) is 4.66. The lowest BCUT2D eigenvalue weighted by Gasteiger charge is -2.37. The zero-order valence-electron chi connectivity index (χ0n) is 13.4. The number of aliphatic hydroxyl groups excluding tert-OH is 1. The summed E-state index contributed by atoms with van der Waals surface area (Å²) in [7, 11) is 0. The lowest BCUT2D eigenvalue weighted by molar-refractivity contribution is -0.0785. The van der Waals surface area contributed by atoms with Crippen LogP contribution < -0.4 is 0 Å². The summed E-state index contributed by atoms with van der Waals surface area (Å²) in [6, 6.07) is 0.706. The molecule has 3 unspecified atom stereocenters. The maximum atomic E-state index is 10.4. The van der Waals surface area contributed by atoms with Crippen LogP contribution in [0.2, 0.25) is 0 Å². The first-order valence-corrected chi connectivity index (χ1v) is 8.38. The molecule has 0 aromatic heterocycles. The van der Waals surface area contributed by atoms with E-state index in [1.807, 2.05) is 0 Å². The predicted molar refractivity (Wildman–Crippen MR) is 82.0 cm³/mol. The molecule has 1 N–H and O–H groups in total. The second kappa shape index (κ2) is 7.74. The summed E-state index contributed by atoms with van der Waals surface area (Å²) in [5.41, 5.74) is 0. The highest BCUT2D eigenvalue weighted by molar-refractivity contribution is 4.81. The smallest absolute Gasteiger partial charge is 0.0793 e. The Morgan fingerprint density at radius 3 is 2.35 bits per heavy atom. The van der Waals surface area contributed by atoms with Crippen LogP contribution in [-0.2, 0) is 4.74 Å². The molecule has 2 fully saturated rings. The molecule has 4 heteroatoms. The average Bonchev–Trinajstić information content (AvgIpc) is 2.88. The molecule has 0 spiro atoms. The van der Waals surface area contributed by atoms with E-state index in [9.17, 15) is 5.11 Å². The molecule has 2 rings (SSSR count). The van der Waals surface area contributed by atoms with Gasteiger partial charge in [-0.25, -0.2) is 0 Å². The normalized spacial score (nSPS) is 31.1. The van der Waals surface area contributed by atoms with Crippen LogP contribution in [0.5, 0.6) is 0 Å². The van der Waals surface area contributed by atoms with Crippen molar-refractivity contribution in [2.75, 3.05) is 32.7 Å². The van der Waals surface area contributed by atoms with E-state index in [-0.39, 0.29) is 18.3 Å². The molecular weight excluding hydrogens is 252 g/mol. The van der Waals surface area contributed by atoms with Crippen LogP contribution in [0.15, 0.2) is 0 Å². The topological polar surface area (TPSA) is 35.9 Å². The number of hydrogen-bond donors (Lipinski definition) is 1. The minimum Gasteiger partial charge on any atom is -0.390 e. The van der Waals surface area contributed by atoms with Gasteiger partial charge < -0.3 is 9.84 Å². The second-order valence-corrected chi connectivity index (χ2v) is 6.66. The standard InChI is InChI=1S/C16H32N2O2/c1-4-18(15-7-5-6-8-15)12-16(19)11-17-9-13(2)20-14(3)10-17/h13-16,19H,4-12H2,1-3H3. The van der Waals surface area contributed by atoms with Crippen LogP contribution in [0.25, 0.3) is 0 Å². The van der Waals surface area contributed by atoms with Gasteiger partial charge in [-0.3, -0.25) is 9.80 Å². The number of morpholine rings is 1. The van der Waals surface area contributed by atoms with Gasteiger partial charge in [-0.2, -0.15) is 0 Å². The highest BCUT2D eigenvalue weighted by Gasteiger charge is 2.26. The summed E-state index contributed by atoms with van der Waals surface area (Å²) >= 11 is 0. The van der Waals surface area contributed by atoms with Crippen molar-refractivity contribution in [3.8, 4) is 0 Å². The van der Waals surface area contributed by atoms with Crippen LogP contribution in [0, 0.1) is 0 Å². The average molecular weight is 284 g/mol. The van der Waals surface area contributed by atoms with Crippen molar-refractivity contribution in [3.05, 3.63) is 0 Å². The fraction of sp³-hybridized carbons (Fsp3) is 1.00. The van der Waals surface area contributed by atoms with Crippen LogP contribution in [0.1, 0.15) is 46.5 Å². The Kier molecular flexibility index (Phi) is 6.27. The zero-order chi connectivity index (χ0) is 14.5. The van der Waals surface area contributed by atoms with Gasteiger partial charge in [0.1, 0.15) is 0 Å². The number of nitrogens with zero attached hydrogens (tertiary/aromatic N) is 2. The summed E-state index contributed by atoms with van der Waals surface area (Å²) in [6.07, 6.45) is 5.66. The van der Waals surface area contributed by atoms with E-state index in [1.54, 1.807) is 0 Å². The van der Waals surface area contributed by atoms with Gasteiger partial charge in [0.05, 0.1) is 18.3 Å². The first-order valence-electron chi connectivity index (χ1n) is 8.38. The predicted octanol–water partition coefficient (Wildman–Crippen LogP) is 1.72. The quantitative estimate of drug-likeness (QED) is 0.806. The molecule has 118 valence electrons. The summed E-state index contributed by atoms with van der Waals surface area (Å²) in [5.74, 6) is 0. The van der Waals surface area contributed by atoms with E-state index < -0.39 is 0 Å². The van der Waals surface area contributed by atoms with Gasteiger partial charge in [0.2, 0.25) is 0 Å². The number of β-amino-alcohol motifs (C(OH)–C–C–N with tert-alkyl or cyclic N) is 1. The van der Waals surface area contributed by atoms with E-state index in [4.69, 9.17) is 4.74 Å². The number of rotatable bonds is 6. The zero-order valence-corrected chi connectivity index (χ0v) is 13.4. The molecule has 3 atom stereocenters. The summed E-state index contributed by atoms with van der Waals surface area (Å²) in [5, 5.41) is 10.4. The molecule has 1 heterocycles. The number of ether oxygens (including phenoxy) is 1. The van der Waals surface area contributed by atoms with E-state index in [0.29, 0.717) is 6.04 Å². The third-order valence-electron chi connectivity index (χ3n) is 4.66. The summed E-state index contributed by atoms with van der Waals surface area (Å²) < 4.78 is 5.75. The molecule has 0 radical (unpaired) electrons. The van der Waals surface area contributed by atoms with Gasteiger partial charge in [-0.1, -0.05) is 19.8 Å². The van der Waals surface area contributed by atoms with Crippen molar-refractivity contribution in [1.82, 2.24) is 9.80 Å².